The molecule has 116 valence electrons. The highest BCUT2D eigenvalue weighted by Crippen LogP contribution is 2.32. The number of piperazine rings is 1. The van der Waals surface area contributed by atoms with Crippen molar-refractivity contribution in [2.45, 2.75) is 29.6 Å². The molecule has 0 bridgehead atoms. The summed E-state index contributed by atoms with van der Waals surface area (Å²) in [7, 11) is -3.33. The summed E-state index contributed by atoms with van der Waals surface area (Å²) < 4.78 is 27.2. The van der Waals surface area contributed by atoms with Crippen molar-refractivity contribution in [3.05, 3.63) is 23.8 Å². The Hall–Kier alpha value is -0.560. The summed E-state index contributed by atoms with van der Waals surface area (Å²) >= 11 is 1.83. The first-order valence-electron chi connectivity index (χ1n) is 7.59. The van der Waals surface area contributed by atoms with E-state index in [-0.39, 0.29) is 0 Å². The minimum atomic E-state index is -3.33. The number of hydrogen-bond acceptors (Lipinski definition) is 4. The Morgan fingerprint density at radius 1 is 1.19 bits per heavy atom. The largest absolute Gasteiger partial charge is 0.301 e. The fourth-order valence-corrected chi connectivity index (χ4v) is 5.42. The third-order valence-electron chi connectivity index (χ3n) is 4.30. The number of likely N-dealkylation sites (N-methyl/N-ethyl adjacent to an activating group) is 1. The second-order valence-electron chi connectivity index (χ2n) is 5.56. The van der Waals surface area contributed by atoms with Gasteiger partial charge >= 0.3 is 0 Å². The van der Waals surface area contributed by atoms with Gasteiger partial charge in [-0.3, -0.25) is 0 Å². The lowest BCUT2D eigenvalue weighted by Gasteiger charge is -2.33. The number of benzene rings is 1. The molecule has 0 amide bonds. The Labute approximate surface area is 131 Å². The van der Waals surface area contributed by atoms with Crippen molar-refractivity contribution in [3.63, 3.8) is 0 Å². The van der Waals surface area contributed by atoms with E-state index in [1.807, 2.05) is 23.9 Å². The molecule has 0 atom stereocenters. The molecule has 0 radical (unpaired) electrons. The Kier molecular flexibility index (Phi) is 4.59. The van der Waals surface area contributed by atoms with Crippen LogP contribution in [0.4, 0.5) is 0 Å². The average molecular weight is 326 g/mol. The highest BCUT2D eigenvalue weighted by Gasteiger charge is 2.28. The zero-order chi connectivity index (χ0) is 14.9. The van der Waals surface area contributed by atoms with Gasteiger partial charge in [0.1, 0.15) is 0 Å². The maximum atomic E-state index is 12.8. The Morgan fingerprint density at radius 3 is 2.67 bits per heavy atom. The molecule has 1 aromatic rings. The van der Waals surface area contributed by atoms with Gasteiger partial charge in [0.05, 0.1) is 4.90 Å². The second kappa shape index (κ2) is 6.28. The maximum Gasteiger partial charge on any atom is 0.243 e. The number of nitrogens with zero attached hydrogens (tertiary/aromatic N) is 2. The lowest BCUT2D eigenvalue weighted by atomic mass is 10.1. The van der Waals surface area contributed by atoms with E-state index >= 15 is 0 Å². The Morgan fingerprint density at radius 2 is 1.95 bits per heavy atom. The second-order valence-corrected chi connectivity index (χ2v) is 8.63. The lowest BCUT2D eigenvalue weighted by molar-refractivity contribution is 0.196. The summed E-state index contributed by atoms with van der Waals surface area (Å²) in [6, 6.07) is 5.65. The third-order valence-corrected chi connectivity index (χ3v) is 7.39. The van der Waals surface area contributed by atoms with E-state index in [4.69, 9.17) is 0 Å². The van der Waals surface area contributed by atoms with Gasteiger partial charge in [0.15, 0.2) is 0 Å². The third kappa shape index (κ3) is 3.13. The summed E-state index contributed by atoms with van der Waals surface area (Å²) in [5.41, 5.74) is 1.19. The van der Waals surface area contributed by atoms with Crippen LogP contribution in [0.25, 0.3) is 0 Å². The lowest BCUT2D eigenvalue weighted by Crippen LogP contribution is -2.48. The van der Waals surface area contributed by atoms with Crippen molar-refractivity contribution in [1.82, 2.24) is 9.21 Å². The number of aryl methyl sites for hydroxylation is 1. The fraction of sp³-hybridized carbons (Fsp3) is 0.600. The molecule has 0 saturated carbocycles. The van der Waals surface area contributed by atoms with E-state index in [0.717, 1.165) is 38.2 Å². The molecule has 3 rings (SSSR count). The molecule has 2 aliphatic rings. The van der Waals surface area contributed by atoms with Crippen LogP contribution in [0.5, 0.6) is 0 Å². The van der Waals surface area contributed by atoms with E-state index in [1.54, 1.807) is 10.4 Å². The monoisotopic (exact) mass is 326 g/mol. The first-order valence-corrected chi connectivity index (χ1v) is 10.0. The summed E-state index contributed by atoms with van der Waals surface area (Å²) in [6.07, 6.45) is 2.13. The van der Waals surface area contributed by atoms with Gasteiger partial charge < -0.3 is 4.90 Å². The Balaban J connectivity index is 1.82. The van der Waals surface area contributed by atoms with Crippen molar-refractivity contribution in [3.8, 4) is 0 Å². The highest BCUT2D eigenvalue weighted by atomic mass is 32.2. The summed E-state index contributed by atoms with van der Waals surface area (Å²) in [6.45, 7) is 5.96. The molecule has 6 heteroatoms. The van der Waals surface area contributed by atoms with Crippen LogP contribution in [0.15, 0.2) is 28.0 Å². The molecular weight excluding hydrogens is 304 g/mol. The molecule has 1 saturated heterocycles. The number of thioether (sulfide) groups is 1. The molecule has 0 N–H and O–H groups in total. The Bertz CT molecular complexity index is 608. The van der Waals surface area contributed by atoms with Crippen molar-refractivity contribution in [2.24, 2.45) is 0 Å². The number of fused-ring (bicyclic) bond motifs is 1. The summed E-state index contributed by atoms with van der Waals surface area (Å²) in [5, 5.41) is 0. The van der Waals surface area contributed by atoms with Crippen molar-refractivity contribution >= 4 is 21.8 Å². The minimum Gasteiger partial charge on any atom is -0.301 e. The van der Waals surface area contributed by atoms with Crippen LogP contribution in [-0.4, -0.2) is 56.1 Å². The molecular formula is C15H22N2O2S2. The van der Waals surface area contributed by atoms with E-state index in [9.17, 15) is 8.42 Å². The average Bonchev–Trinajstić information content (AvgIpc) is 2.54. The quantitative estimate of drug-likeness (QED) is 0.852. The first-order chi connectivity index (χ1) is 10.1. The van der Waals surface area contributed by atoms with Crippen LogP contribution in [0, 0.1) is 0 Å². The van der Waals surface area contributed by atoms with Gasteiger partial charge in [0.2, 0.25) is 10.0 Å². The maximum absolute atomic E-state index is 12.8. The van der Waals surface area contributed by atoms with Gasteiger partial charge in [0, 0.05) is 31.1 Å². The molecule has 1 fully saturated rings. The van der Waals surface area contributed by atoms with Crippen LogP contribution < -0.4 is 0 Å². The fourth-order valence-electron chi connectivity index (χ4n) is 2.93. The van der Waals surface area contributed by atoms with E-state index < -0.39 is 10.0 Å². The highest BCUT2D eigenvalue weighted by molar-refractivity contribution is 7.99. The molecule has 21 heavy (non-hydrogen) atoms. The molecule has 0 spiro atoms. The number of rotatable bonds is 3. The van der Waals surface area contributed by atoms with Crippen molar-refractivity contribution in [1.29, 1.82) is 0 Å². The molecule has 4 nitrogen and oxygen atoms in total. The van der Waals surface area contributed by atoms with Gasteiger partial charge in [-0.25, -0.2) is 8.42 Å². The predicted octanol–water partition coefficient (Wildman–Crippen LogP) is 2.05. The molecule has 0 unspecified atom stereocenters. The predicted molar refractivity (Wildman–Crippen MR) is 86.4 cm³/mol. The first kappa shape index (κ1) is 15.3. The number of hydrogen-bond donors (Lipinski definition) is 0. The number of sulfonamides is 1. The van der Waals surface area contributed by atoms with Crippen LogP contribution in [0.3, 0.4) is 0 Å². The summed E-state index contributed by atoms with van der Waals surface area (Å²) in [5.74, 6) is 1.14. The van der Waals surface area contributed by atoms with E-state index in [1.165, 1.54) is 10.5 Å². The van der Waals surface area contributed by atoms with Crippen molar-refractivity contribution < 1.29 is 8.42 Å². The molecule has 2 aliphatic heterocycles. The smallest absolute Gasteiger partial charge is 0.243 e. The zero-order valence-electron chi connectivity index (χ0n) is 12.4. The normalized spacial score (nSPS) is 21.2. The van der Waals surface area contributed by atoms with Gasteiger partial charge in [-0.15, -0.1) is 11.8 Å². The molecule has 2 heterocycles. The topological polar surface area (TPSA) is 40.6 Å². The minimum absolute atomic E-state index is 0.466. The van der Waals surface area contributed by atoms with E-state index in [0.29, 0.717) is 18.0 Å². The van der Waals surface area contributed by atoms with Gasteiger partial charge in [-0.05, 0) is 48.9 Å². The summed E-state index contributed by atoms with van der Waals surface area (Å²) in [4.78, 5) is 4.00. The molecule has 1 aromatic carbocycles. The molecule has 0 aliphatic carbocycles. The van der Waals surface area contributed by atoms with Crippen molar-refractivity contribution in [2.75, 3.05) is 38.5 Å². The van der Waals surface area contributed by atoms with Gasteiger partial charge in [0.25, 0.3) is 0 Å². The van der Waals surface area contributed by atoms with Crippen LogP contribution in [-0.2, 0) is 16.4 Å². The SMILES string of the molecule is CCN1CCN(S(=O)(=O)c2ccc3c(c2)CCCS3)CC1. The van der Waals surface area contributed by atoms with Crippen LogP contribution >= 0.6 is 11.8 Å². The van der Waals surface area contributed by atoms with Gasteiger partial charge in [-0.1, -0.05) is 6.92 Å². The standard InChI is InChI=1S/C15H22N2O2S2/c1-2-16-7-9-17(10-8-16)21(18,19)14-5-6-15-13(12-14)4-3-11-20-15/h5-6,12H,2-4,7-11H2,1H3. The van der Waals surface area contributed by atoms with E-state index in [2.05, 4.69) is 11.8 Å². The van der Waals surface area contributed by atoms with Gasteiger partial charge in [-0.2, -0.15) is 4.31 Å². The zero-order valence-corrected chi connectivity index (χ0v) is 14.0. The van der Waals surface area contributed by atoms with Crippen LogP contribution in [0.1, 0.15) is 18.9 Å². The van der Waals surface area contributed by atoms with Crippen LogP contribution in [0.2, 0.25) is 0 Å². The molecule has 0 aromatic heterocycles.